The van der Waals surface area contributed by atoms with Gasteiger partial charge in [-0.2, -0.15) is 0 Å². The average molecular weight is 408 g/mol. The molecular formula is C24H29N3O3. The Kier molecular flexibility index (Phi) is 5.28. The fourth-order valence-electron chi connectivity index (χ4n) is 4.24. The zero-order chi connectivity index (χ0) is 21.6. The van der Waals surface area contributed by atoms with Crippen LogP contribution in [0.25, 0.3) is 10.9 Å². The molecule has 4 rings (SSSR count). The molecule has 3 heterocycles. The van der Waals surface area contributed by atoms with Crippen LogP contribution >= 0.6 is 0 Å². The van der Waals surface area contributed by atoms with Crippen molar-refractivity contribution >= 4 is 16.8 Å². The van der Waals surface area contributed by atoms with Crippen molar-refractivity contribution in [3.63, 3.8) is 0 Å². The number of pyridine rings is 1. The Balaban J connectivity index is 1.73. The summed E-state index contributed by atoms with van der Waals surface area (Å²) in [5.74, 6) is 0.157. The van der Waals surface area contributed by atoms with Crippen LogP contribution in [0.3, 0.4) is 0 Å². The Hall–Kier alpha value is -2.86. The fraction of sp³-hybridized carbons (Fsp3) is 0.417. The third-order valence-electron chi connectivity index (χ3n) is 5.98. The van der Waals surface area contributed by atoms with Crippen LogP contribution in [0.4, 0.5) is 0 Å². The van der Waals surface area contributed by atoms with Gasteiger partial charge in [-0.05, 0) is 69.5 Å². The molecule has 6 heteroatoms. The van der Waals surface area contributed by atoms with E-state index in [-0.39, 0.29) is 18.0 Å². The van der Waals surface area contributed by atoms with Crippen molar-refractivity contribution in [2.75, 3.05) is 13.2 Å². The van der Waals surface area contributed by atoms with E-state index in [1.165, 1.54) is 0 Å². The summed E-state index contributed by atoms with van der Waals surface area (Å²) in [6.45, 7) is 11.6. The van der Waals surface area contributed by atoms with E-state index in [1.54, 1.807) is 0 Å². The summed E-state index contributed by atoms with van der Waals surface area (Å²) >= 11 is 0. The molecule has 1 aliphatic rings. The summed E-state index contributed by atoms with van der Waals surface area (Å²) in [6, 6.07) is 6.40. The lowest BCUT2D eigenvalue weighted by atomic mass is 9.93. The van der Waals surface area contributed by atoms with Crippen LogP contribution in [0.1, 0.15) is 64.1 Å². The second kappa shape index (κ2) is 7.76. The summed E-state index contributed by atoms with van der Waals surface area (Å²) in [7, 11) is 0. The molecule has 1 amide bonds. The van der Waals surface area contributed by atoms with Crippen molar-refractivity contribution in [2.24, 2.45) is 0 Å². The number of carbonyl (C=O) groups is 1. The standard InChI is InChI=1S/C24H29N3O3/c1-13(2)27-10-15(4)22-19(7-17(8-21(22)27)18-11-30-12-18)23(28)25-9-20-14(3)6-16(5)26-24(20)29/h6-8,10,13,18H,9,11-12H2,1-5H3,(H,25,28)(H,26,29). The van der Waals surface area contributed by atoms with Crippen molar-refractivity contribution in [2.45, 2.75) is 53.1 Å². The van der Waals surface area contributed by atoms with Crippen molar-refractivity contribution in [3.05, 3.63) is 68.3 Å². The second-order valence-corrected chi connectivity index (χ2v) is 8.64. The molecule has 0 unspecified atom stereocenters. The van der Waals surface area contributed by atoms with Gasteiger partial charge in [-0.25, -0.2) is 0 Å². The van der Waals surface area contributed by atoms with Gasteiger partial charge in [0, 0.05) is 52.4 Å². The van der Waals surface area contributed by atoms with Crippen molar-refractivity contribution in [1.82, 2.24) is 14.9 Å². The van der Waals surface area contributed by atoms with Gasteiger partial charge in [0.15, 0.2) is 0 Å². The van der Waals surface area contributed by atoms with E-state index in [4.69, 9.17) is 4.74 Å². The number of aryl methyl sites for hydroxylation is 3. The van der Waals surface area contributed by atoms with Crippen molar-refractivity contribution < 1.29 is 9.53 Å². The van der Waals surface area contributed by atoms with Gasteiger partial charge >= 0.3 is 0 Å². The summed E-state index contributed by atoms with van der Waals surface area (Å²) in [5.41, 5.74) is 6.06. The van der Waals surface area contributed by atoms with E-state index in [2.05, 4.69) is 41.0 Å². The van der Waals surface area contributed by atoms with E-state index >= 15 is 0 Å². The molecule has 0 aliphatic carbocycles. The van der Waals surface area contributed by atoms with Crippen LogP contribution in [0.2, 0.25) is 0 Å². The molecule has 2 aromatic heterocycles. The lowest BCUT2D eigenvalue weighted by Gasteiger charge is -2.27. The molecule has 0 spiro atoms. The minimum Gasteiger partial charge on any atom is -0.380 e. The molecule has 158 valence electrons. The largest absolute Gasteiger partial charge is 0.380 e. The number of ether oxygens (including phenoxy) is 1. The first-order chi connectivity index (χ1) is 14.3. The Morgan fingerprint density at radius 2 is 1.93 bits per heavy atom. The minimum absolute atomic E-state index is 0.152. The Labute approximate surface area is 176 Å². The molecule has 30 heavy (non-hydrogen) atoms. The second-order valence-electron chi connectivity index (χ2n) is 8.64. The van der Waals surface area contributed by atoms with Gasteiger partial charge in [0.1, 0.15) is 0 Å². The number of hydrogen-bond donors (Lipinski definition) is 2. The van der Waals surface area contributed by atoms with Crippen molar-refractivity contribution in [1.29, 1.82) is 0 Å². The number of H-pyrrole nitrogens is 1. The van der Waals surface area contributed by atoms with Gasteiger partial charge in [-0.3, -0.25) is 9.59 Å². The molecule has 1 aromatic carbocycles. The van der Waals surface area contributed by atoms with E-state index < -0.39 is 0 Å². The molecule has 1 fully saturated rings. The predicted octanol–water partition coefficient (Wildman–Crippen LogP) is 3.88. The first kappa shape index (κ1) is 20.4. The van der Waals surface area contributed by atoms with Crippen LogP contribution in [-0.2, 0) is 11.3 Å². The quantitative estimate of drug-likeness (QED) is 0.674. The third kappa shape index (κ3) is 3.56. The Bertz CT molecular complexity index is 1180. The number of amides is 1. The lowest BCUT2D eigenvalue weighted by Crippen LogP contribution is -2.29. The highest BCUT2D eigenvalue weighted by Crippen LogP contribution is 2.33. The molecule has 3 aromatic rings. The highest BCUT2D eigenvalue weighted by molar-refractivity contribution is 6.08. The molecule has 0 radical (unpaired) electrons. The molecule has 0 saturated carbocycles. The number of fused-ring (bicyclic) bond motifs is 1. The van der Waals surface area contributed by atoms with Gasteiger partial charge in [-0.15, -0.1) is 0 Å². The molecule has 0 atom stereocenters. The monoisotopic (exact) mass is 407 g/mol. The predicted molar refractivity (Wildman–Crippen MR) is 118 cm³/mol. The maximum absolute atomic E-state index is 13.3. The van der Waals surface area contributed by atoms with Gasteiger partial charge in [-0.1, -0.05) is 0 Å². The minimum atomic E-state index is -0.161. The number of nitrogens with one attached hydrogen (secondary N) is 2. The molecule has 0 bridgehead atoms. The molecule has 2 N–H and O–H groups in total. The van der Waals surface area contributed by atoms with E-state index in [9.17, 15) is 9.59 Å². The molecule has 1 saturated heterocycles. The van der Waals surface area contributed by atoms with E-state index in [1.807, 2.05) is 32.9 Å². The first-order valence-electron chi connectivity index (χ1n) is 10.5. The SMILES string of the molecule is Cc1cc(C)c(CNC(=O)c2cc(C3COC3)cc3c2c(C)cn3C(C)C)c(=O)[nH]1. The van der Waals surface area contributed by atoms with Crippen molar-refractivity contribution in [3.8, 4) is 0 Å². The summed E-state index contributed by atoms with van der Waals surface area (Å²) in [5, 5.41) is 3.95. The van der Waals surface area contributed by atoms with Crippen LogP contribution < -0.4 is 10.9 Å². The number of carbonyl (C=O) groups excluding carboxylic acids is 1. The number of nitrogens with zero attached hydrogens (tertiary/aromatic N) is 1. The van der Waals surface area contributed by atoms with Crippen LogP contribution in [-0.4, -0.2) is 28.7 Å². The number of benzene rings is 1. The maximum Gasteiger partial charge on any atom is 0.253 e. The Morgan fingerprint density at radius 3 is 2.53 bits per heavy atom. The van der Waals surface area contributed by atoms with E-state index in [0.29, 0.717) is 36.3 Å². The van der Waals surface area contributed by atoms with Gasteiger partial charge in [0.2, 0.25) is 0 Å². The molecule has 6 nitrogen and oxygen atoms in total. The smallest absolute Gasteiger partial charge is 0.253 e. The van der Waals surface area contributed by atoms with Crippen LogP contribution in [0, 0.1) is 20.8 Å². The van der Waals surface area contributed by atoms with Gasteiger partial charge in [0.05, 0.1) is 13.2 Å². The fourth-order valence-corrected chi connectivity index (χ4v) is 4.24. The number of hydrogen-bond acceptors (Lipinski definition) is 3. The third-order valence-corrected chi connectivity index (χ3v) is 5.98. The van der Waals surface area contributed by atoms with Crippen LogP contribution in [0.15, 0.2) is 29.2 Å². The normalized spacial score (nSPS) is 14.3. The topological polar surface area (TPSA) is 76.1 Å². The summed E-state index contributed by atoms with van der Waals surface area (Å²) in [6.07, 6.45) is 2.11. The molecular weight excluding hydrogens is 378 g/mol. The molecule has 1 aliphatic heterocycles. The summed E-state index contributed by atoms with van der Waals surface area (Å²) in [4.78, 5) is 28.4. The average Bonchev–Trinajstić information content (AvgIpc) is 2.95. The number of aromatic amines is 1. The highest BCUT2D eigenvalue weighted by atomic mass is 16.5. The van der Waals surface area contributed by atoms with Gasteiger partial charge in [0.25, 0.3) is 11.5 Å². The number of aromatic nitrogens is 2. The first-order valence-corrected chi connectivity index (χ1v) is 10.5. The van der Waals surface area contributed by atoms with Gasteiger partial charge < -0.3 is 19.6 Å². The lowest BCUT2D eigenvalue weighted by molar-refractivity contribution is 0.00843. The maximum atomic E-state index is 13.3. The zero-order valence-corrected chi connectivity index (χ0v) is 18.3. The van der Waals surface area contributed by atoms with E-state index in [0.717, 1.165) is 33.3 Å². The highest BCUT2D eigenvalue weighted by Gasteiger charge is 2.25. The summed E-state index contributed by atoms with van der Waals surface area (Å²) < 4.78 is 7.60. The van der Waals surface area contributed by atoms with Crippen LogP contribution in [0.5, 0.6) is 0 Å². The Morgan fingerprint density at radius 1 is 1.20 bits per heavy atom. The zero-order valence-electron chi connectivity index (χ0n) is 18.3. The number of rotatable bonds is 5.